The zero-order valence-electron chi connectivity index (χ0n) is 54.5. The van der Waals surface area contributed by atoms with Crippen LogP contribution in [-0.2, 0) is 52.1 Å². The molecule has 0 amide bonds. The van der Waals surface area contributed by atoms with E-state index in [1.165, 1.54) is 44.5 Å². The number of unbranched alkanes of at least 4 members (excludes halogenated alkanes) is 1. The number of rotatable bonds is 31. The Kier molecular flexibility index (Phi) is 22.3. The van der Waals surface area contributed by atoms with E-state index in [1.54, 1.807) is 28.4 Å². The van der Waals surface area contributed by atoms with Gasteiger partial charge in [0.25, 0.3) is 0 Å². The molecule has 6 atom stereocenters. The van der Waals surface area contributed by atoms with Crippen LogP contribution in [0.5, 0.6) is 46.0 Å². The molecule has 12 heteroatoms. The van der Waals surface area contributed by atoms with E-state index in [2.05, 4.69) is 167 Å². The maximum Gasteiger partial charge on any atom is 0.162 e. The fraction of sp³-hybridized carbons (Fsp3) is 0.400. The van der Waals surface area contributed by atoms with Gasteiger partial charge in [-0.25, -0.2) is 0 Å². The van der Waals surface area contributed by atoms with Crippen molar-refractivity contribution in [2.45, 2.75) is 140 Å². The summed E-state index contributed by atoms with van der Waals surface area (Å²) in [6.07, 6.45) is 14.6. The molecule has 4 heterocycles. The van der Waals surface area contributed by atoms with Crippen molar-refractivity contribution >= 4 is 0 Å². The van der Waals surface area contributed by atoms with Crippen molar-refractivity contribution in [1.82, 2.24) is 21.3 Å². The van der Waals surface area contributed by atoms with Gasteiger partial charge in [-0.15, -0.1) is 0 Å². The molecule has 12 nitrogen and oxygen atoms in total. The van der Waals surface area contributed by atoms with Gasteiger partial charge in [0, 0.05) is 24.2 Å². The standard InChI is InChI=1S/C80H94N4O8/c1-85-71-43-61-35-39-81-69(65(61)47-75(71)89-51-55-21-9-5-10-22-55)33-19-31-59(79-67-49-77(91-53-57-25-13-7-14-26-57)73(87-3)45-63(67)37-41-83-79)29-17-18-30-60(80-68-50-78(92-54-58-27-15-8-16-28-58)74(88-4)46-64(68)38-42-84-80)32-20-34-70-66-48-76(90-52-56-23-11-6-12-24-56)72(86-2)44-62(66)36-40-82-70/h5-16,21-28,43-50,59-60,69-70,79-84H,17-20,29-42,51-54H2,1-4H3. The number of hydrogen-bond acceptors (Lipinski definition) is 12. The lowest BCUT2D eigenvalue weighted by atomic mass is 9.78. The first-order valence-electron chi connectivity index (χ1n) is 33.9. The number of benzene rings is 8. The van der Waals surface area contributed by atoms with Crippen molar-refractivity contribution in [1.29, 1.82) is 0 Å². The summed E-state index contributed by atoms with van der Waals surface area (Å²) in [6, 6.07) is 60.4. The maximum absolute atomic E-state index is 6.64. The summed E-state index contributed by atoms with van der Waals surface area (Å²) in [4.78, 5) is 0. The van der Waals surface area contributed by atoms with Crippen LogP contribution in [-0.4, -0.2) is 54.6 Å². The van der Waals surface area contributed by atoms with Crippen molar-refractivity contribution in [3.05, 3.63) is 237 Å². The van der Waals surface area contributed by atoms with Gasteiger partial charge in [-0.1, -0.05) is 147 Å². The van der Waals surface area contributed by atoms with Crippen molar-refractivity contribution in [2.24, 2.45) is 11.8 Å². The average Bonchev–Trinajstić information content (AvgIpc) is 1.03. The van der Waals surface area contributed by atoms with Gasteiger partial charge in [-0.2, -0.15) is 0 Å². The smallest absolute Gasteiger partial charge is 0.162 e. The van der Waals surface area contributed by atoms with Crippen LogP contribution < -0.4 is 59.2 Å². The summed E-state index contributed by atoms with van der Waals surface area (Å²) in [7, 11) is 7.02. The minimum absolute atomic E-state index is 0.166. The molecule has 0 saturated carbocycles. The molecule has 8 aromatic carbocycles. The van der Waals surface area contributed by atoms with E-state index in [0.717, 1.165) is 184 Å². The lowest BCUT2D eigenvalue weighted by molar-refractivity contribution is 0.260. The van der Waals surface area contributed by atoms with Crippen LogP contribution in [0.4, 0.5) is 0 Å². The number of methoxy groups -OCH3 is 4. The van der Waals surface area contributed by atoms with E-state index < -0.39 is 0 Å². The van der Waals surface area contributed by atoms with Crippen LogP contribution in [0.2, 0.25) is 0 Å². The van der Waals surface area contributed by atoms with Gasteiger partial charge in [-0.05, 0) is 218 Å². The molecule has 6 unspecified atom stereocenters. The Morgan fingerprint density at radius 1 is 0.315 bits per heavy atom. The Bertz CT molecular complexity index is 3390. The Hall–Kier alpha value is -8.00. The summed E-state index contributed by atoms with van der Waals surface area (Å²) in [5, 5.41) is 16.1. The third kappa shape index (κ3) is 16.1. The molecule has 0 saturated heterocycles. The Morgan fingerprint density at radius 3 is 0.891 bits per heavy atom. The molecule has 4 N–H and O–H groups in total. The van der Waals surface area contributed by atoms with E-state index >= 15 is 0 Å². The highest BCUT2D eigenvalue weighted by atomic mass is 16.5. The van der Waals surface area contributed by atoms with E-state index in [4.69, 9.17) is 37.9 Å². The minimum atomic E-state index is 0.166. The fourth-order valence-corrected chi connectivity index (χ4v) is 14.8. The highest BCUT2D eigenvalue weighted by Crippen LogP contribution is 2.46. The maximum atomic E-state index is 6.64. The van der Waals surface area contributed by atoms with Gasteiger partial charge in [0.05, 0.1) is 28.4 Å². The average molecular weight is 1240 g/mol. The fourth-order valence-electron chi connectivity index (χ4n) is 14.8. The molecule has 482 valence electrons. The quantitative estimate of drug-likeness (QED) is 0.0310. The van der Waals surface area contributed by atoms with Crippen molar-refractivity contribution in [3.63, 3.8) is 0 Å². The molecule has 0 aromatic heterocycles. The molecule has 4 aliphatic rings. The zero-order valence-corrected chi connectivity index (χ0v) is 54.5. The second kappa shape index (κ2) is 32.0. The van der Waals surface area contributed by atoms with Crippen molar-refractivity contribution in [3.8, 4) is 46.0 Å². The monoisotopic (exact) mass is 1240 g/mol. The molecule has 4 aliphatic heterocycles. The Balaban J connectivity index is 0.800. The number of nitrogens with one attached hydrogen (secondary N) is 4. The van der Waals surface area contributed by atoms with Gasteiger partial charge >= 0.3 is 0 Å². The molecule has 0 bridgehead atoms. The van der Waals surface area contributed by atoms with Gasteiger partial charge in [-0.3, -0.25) is 0 Å². The largest absolute Gasteiger partial charge is 0.493 e. The van der Waals surface area contributed by atoms with Crippen LogP contribution in [0, 0.1) is 11.8 Å². The van der Waals surface area contributed by atoms with Crippen LogP contribution in [0.15, 0.2) is 170 Å². The first-order chi connectivity index (χ1) is 45.4. The highest BCUT2D eigenvalue weighted by molar-refractivity contribution is 5.53. The summed E-state index contributed by atoms with van der Waals surface area (Å²) in [5.74, 6) is 7.12. The predicted molar refractivity (Wildman–Crippen MR) is 366 cm³/mol. The Labute approximate surface area is 546 Å². The normalized spacial score (nSPS) is 18.0. The molecular formula is C80H94N4O8. The highest BCUT2D eigenvalue weighted by Gasteiger charge is 2.33. The van der Waals surface area contributed by atoms with E-state index in [0.29, 0.717) is 38.3 Å². The second-order valence-electron chi connectivity index (χ2n) is 25.4. The molecule has 12 rings (SSSR count). The molecule has 0 fully saturated rings. The van der Waals surface area contributed by atoms with E-state index in [1.807, 2.05) is 24.3 Å². The first kappa shape index (κ1) is 64.1. The van der Waals surface area contributed by atoms with Gasteiger partial charge in [0.1, 0.15) is 26.4 Å². The minimum Gasteiger partial charge on any atom is -0.493 e. The van der Waals surface area contributed by atoms with Crippen LogP contribution >= 0.6 is 0 Å². The number of hydrogen-bond donors (Lipinski definition) is 4. The third-order valence-electron chi connectivity index (χ3n) is 19.6. The molecular weight excluding hydrogens is 1140 g/mol. The molecule has 92 heavy (non-hydrogen) atoms. The van der Waals surface area contributed by atoms with E-state index in [9.17, 15) is 0 Å². The van der Waals surface area contributed by atoms with Gasteiger partial charge < -0.3 is 59.2 Å². The van der Waals surface area contributed by atoms with Gasteiger partial charge in [0.15, 0.2) is 46.0 Å². The van der Waals surface area contributed by atoms with Gasteiger partial charge in [0.2, 0.25) is 0 Å². The number of fused-ring (bicyclic) bond motifs is 4. The van der Waals surface area contributed by atoms with Crippen LogP contribution in [0.25, 0.3) is 0 Å². The summed E-state index contributed by atoms with van der Waals surface area (Å²) in [6.45, 7) is 5.61. The molecule has 8 aromatic rings. The first-order valence-corrected chi connectivity index (χ1v) is 33.9. The Morgan fingerprint density at radius 2 is 0.587 bits per heavy atom. The lowest BCUT2D eigenvalue weighted by Crippen LogP contribution is -2.36. The molecule has 0 spiro atoms. The molecule has 0 radical (unpaired) electrons. The summed E-state index contributed by atoms with van der Waals surface area (Å²) in [5.41, 5.74) is 15.2. The summed E-state index contributed by atoms with van der Waals surface area (Å²) >= 11 is 0. The zero-order chi connectivity index (χ0) is 62.9. The molecule has 0 aliphatic carbocycles. The van der Waals surface area contributed by atoms with Crippen molar-refractivity contribution in [2.75, 3.05) is 54.6 Å². The second-order valence-corrected chi connectivity index (χ2v) is 25.4. The predicted octanol–water partition coefficient (Wildman–Crippen LogP) is 16.0. The van der Waals surface area contributed by atoms with E-state index in [-0.39, 0.29) is 24.2 Å². The third-order valence-corrected chi connectivity index (χ3v) is 19.6. The lowest BCUT2D eigenvalue weighted by Gasteiger charge is -2.36. The SMILES string of the molecule is COc1cc2c(cc1OCc1ccccc1)C(CCCC(CCCCC(CCCC1NCCc3cc(OC)c(OCc4ccccc4)cc31)C1NCCc3cc(OC)c(OCc4ccccc4)cc31)C1NCCc3cc(OC)c(OCc4ccccc4)cc31)NCC2. The number of ether oxygens (including phenoxy) is 8. The van der Waals surface area contributed by atoms with Crippen LogP contribution in [0.3, 0.4) is 0 Å². The topological polar surface area (TPSA) is 122 Å². The van der Waals surface area contributed by atoms with Crippen molar-refractivity contribution < 1.29 is 37.9 Å². The van der Waals surface area contributed by atoms with Crippen LogP contribution in [0.1, 0.15) is 155 Å². The summed E-state index contributed by atoms with van der Waals surface area (Å²) < 4.78 is 50.3.